The Labute approximate surface area is 189 Å². The Morgan fingerprint density at radius 1 is 0.700 bits per heavy atom. The van der Waals surface area contributed by atoms with E-state index in [4.69, 9.17) is 26.9 Å². The lowest BCUT2D eigenvalue weighted by molar-refractivity contribution is 0.0147. The summed E-state index contributed by atoms with van der Waals surface area (Å²) in [7, 11) is -1.39. The van der Waals surface area contributed by atoms with E-state index < -0.39 is 25.4 Å². The van der Waals surface area contributed by atoms with Crippen molar-refractivity contribution in [3.63, 3.8) is 0 Å². The Bertz CT molecular complexity index is 474. The predicted molar refractivity (Wildman–Crippen MR) is 132 cm³/mol. The Hall–Kier alpha value is 0.411. The van der Waals surface area contributed by atoms with Gasteiger partial charge in [0.25, 0.3) is 0 Å². The highest BCUT2D eigenvalue weighted by atomic mass is 28.4. The van der Waals surface area contributed by atoms with Gasteiger partial charge in [-0.25, -0.2) is 0 Å². The van der Waals surface area contributed by atoms with Crippen molar-refractivity contribution in [2.75, 3.05) is 41.2 Å². The molecule has 0 N–H and O–H groups in total. The van der Waals surface area contributed by atoms with Gasteiger partial charge in [0.05, 0.1) is 19.3 Å². The molecule has 0 radical (unpaired) electrons. The average Bonchev–Trinajstić information content (AvgIpc) is 2.61. The molecule has 0 aliphatic carbocycles. The van der Waals surface area contributed by atoms with Gasteiger partial charge in [0.1, 0.15) is 0 Å². The molecule has 0 heterocycles. The number of ether oxygens (including phenoxy) is 1. The minimum atomic E-state index is -2.54. The first kappa shape index (κ1) is 30.4. The Morgan fingerprint density at radius 3 is 1.57 bits per heavy atom. The average molecular weight is 483 g/mol. The van der Waals surface area contributed by atoms with Crippen LogP contribution in [0.1, 0.15) is 48.0 Å². The minimum Gasteiger partial charge on any atom is -0.414 e. The summed E-state index contributed by atoms with van der Waals surface area (Å²) in [5, 5.41) is 0.312. The molecule has 0 fully saturated rings. The zero-order valence-electron chi connectivity index (χ0n) is 22.1. The third-order valence-corrected chi connectivity index (χ3v) is 18.6. The van der Waals surface area contributed by atoms with Gasteiger partial charge >= 0.3 is 8.80 Å². The molecule has 30 heavy (non-hydrogen) atoms. The fraction of sp³-hybridized carbons (Fsp3) is 1.00. The van der Waals surface area contributed by atoms with Crippen molar-refractivity contribution in [3.05, 3.63) is 0 Å². The standard InChI is InChI=1S/C21H50O6Si3/c1-20(2,3)28(10,11)26-18-19(27-29(12,13)21(4,5)6)17-25-15-14-16-30(22-7,23-8)24-9/h19H,14-18H2,1-13H3. The van der Waals surface area contributed by atoms with Crippen LogP contribution in [0.5, 0.6) is 0 Å². The SMILES string of the molecule is CO[Si](CCCOCC(CO[Si](C)(C)C(C)(C)C)O[Si](C)(C)C(C)(C)C)(OC)OC. The van der Waals surface area contributed by atoms with E-state index in [1.165, 1.54) is 0 Å². The highest BCUT2D eigenvalue weighted by molar-refractivity contribution is 6.74. The van der Waals surface area contributed by atoms with Gasteiger partial charge in [0, 0.05) is 34.0 Å². The van der Waals surface area contributed by atoms with E-state index in [-0.39, 0.29) is 16.2 Å². The van der Waals surface area contributed by atoms with Crippen molar-refractivity contribution in [2.24, 2.45) is 0 Å². The Balaban J connectivity index is 4.94. The molecule has 1 atom stereocenters. The highest BCUT2D eigenvalue weighted by Crippen LogP contribution is 2.39. The molecule has 0 saturated carbocycles. The molecular weight excluding hydrogens is 432 g/mol. The lowest BCUT2D eigenvalue weighted by Crippen LogP contribution is -2.49. The summed E-state index contributed by atoms with van der Waals surface area (Å²) in [6, 6.07) is 0.727. The van der Waals surface area contributed by atoms with Crippen LogP contribution >= 0.6 is 0 Å². The van der Waals surface area contributed by atoms with Crippen LogP contribution in [0.15, 0.2) is 0 Å². The molecule has 1 unspecified atom stereocenters. The molecule has 0 amide bonds. The van der Waals surface area contributed by atoms with Crippen molar-refractivity contribution in [3.8, 4) is 0 Å². The molecule has 182 valence electrons. The van der Waals surface area contributed by atoms with Crippen LogP contribution in [0, 0.1) is 0 Å². The third-order valence-electron chi connectivity index (χ3n) is 6.71. The van der Waals surface area contributed by atoms with Gasteiger partial charge in [0.2, 0.25) is 0 Å². The summed E-state index contributed by atoms with van der Waals surface area (Å²) >= 11 is 0. The fourth-order valence-corrected chi connectivity index (χ4v) is 6.44. The van der Waals surface area contributed by atoms with E-state index in [2.05, 4.69) is 67.7 Å². The number of hydrogen-bond donors (Lipinski definition) is 0. The zero-order chi connectivity index (χ0) is 23.9. The highest BCUT2D eigenvalue weighted by Gasteiger charge is 2.41. The summed E-state index contributed by atoms with van der Waals surface area (Å²) in [6.07, 6.45) is 0.756. The Kier molecular flexibility index (Phi) is 12.2. The molecule has 0 saturated heterocycles. The molecular formula is C21H50O6Si3. The van der Waals surface area contributed by atoms with Gasteiger partial charge in [0.15, 0.2) is 16.6 Å². The topological polar surface area (TPSA) is 55.4 Å². The molecule has 0 aromatic heterocycles. The molecule has 6 nitrogen and oxygen atoms in total. The van der Waals surface area contributed by atoms with Crippen LogP contribution < -0.4 is 0 Å². The molecule has 0 aliphatic heterocycles. The quantitative estimate of drug-likeness (QED) is 0.234. The Morgan fingerprint density at radius 2 is 1.17 bits per heavy atom. The predicted octanol–water partition coefficient (Wildman–Crippen LogP) is 5.68. The monoisotopic (exact) mass is 482 g/mol. The maximum absolute atomic E-state index is 6.67. The first-order valence-electron chi connectivity index (χ1n) is 11.0. The second kappa shape index (κ2) is 12.0. The molecule has 0 aliphatic rings. The zero-order valence-corrected chi connectivity index (χ0v) is 25.1. The smallest absolute Gasteiger partial charge is 0.414 e. The molecule has 0 aromatic carbocycles. The maximum Gasteiger partial charge on any atom is 0.500 e. The van der Waals surface area contributed by atoms with E-state index in [0.29, 0.717) is 19.8 Å². The van der Waals surface area contributed by atoms with Crippen LogP contribution in [-0.4, -0.2) is 72.7 Å². The molecule has 9 heteroatoms. The van der Waals surface area contributed by atoms with Crippen molar-refractivity contribution in [1.29, 1.82) is 0 Å². The number of hydrogen-bond acceptors (Lipinski definition) is 6. The third kappa shape index (κ3) is 9.50. The van der Waals surface area contributed by atoms with Crippen LogP contribution in [-0.2, 0) is 26.9 Å². The summed E-state index contributed by atoms with van der Waals surface area (Å²) < 4.78 is 35.6. The summed E-state index contributed by atoms with van der Waals surface area (Å²) in [5.41, 5.74) is 0. The molecule has 0 rings (SSSR count). The summed E-state index contributed by atoms with van der Waals surface area (Å²) in [6.45, 7) is 24.4. The van der Waals surface area contributed by atoms with Gasteiger partial charge in [-0.05, 0) is 42.7 Å². The first-order chi connectivity index (χ1) is 13.5. The van der Waals surface area contributed by atoms with Crippen molar-refractivity contribution >= 4 is 25.4 Å². The second-order valence-electron chi connectivity index (χ2n) is 11.0. The molecule has 0 spiro atoms. The van der Waals surface area contributed by atoms with Crippen LogP contribution in [0.3, 0.4) is 0 Å². The van der Waals surface area contributed by atoms with E-state index in [9.17, 15) is 0 Å². The fourth-order valence-electron chi connectivity index (χ4n) is 2.39. The van der Waals surface area contributed by atoms with E-state index >= 15 is 0 Å². The van der Waals surface area contributed by atoms with E-state index in [1.807, 2.05) is 0 Å². The van der Waals surface area contributed by atoms with Crippen LogP contribution in [0.2, 0.25) is 42.3 Å². The minimum absolute atomic E-state index is 0.0608. The van der Waals surface area contributed by atoms with Crippen LogP contribution in [0.25, 0.3) is 0 Å². The van der Waals surface area contributed by atoms with Crippen molar-refractivity contribution < 1.29 is 26.9 Å². The van der Waals surface area contributed by atoms with E-state index in [0.717, 1.165) is 12.5 Å². The largest absolute Gasteiger partial charge is 0.500 e. The van der Waals surface area contributed by atoms with Crippen molar-refractivity contribution in [1.82, 2.24) is 0 Å². The number of rotatable bonds is 14. The van der Waals surface area contributed by atoms with E-state index in [1.54, 1.807) is 21.3 Å². The second-order valence-corrected chi connectivity index (χ2v) is 23.7. The van der Waals surface area contributed by atoms with Crippen molar-refractivity contribution in [2.45, 2.75) is 96.4 Å². The first-order valence-corrected chi connectivity index (χ1v) is 18.8. The van der Waals surface area contributed by atoms with Gasteiger partial charge in [-0.15, -0.1) is 0 Å². The lowest BCUT2D eigenvalue weighted by Gasteiger charge is -2.41. The lowest BCUT2D eigenvalue weighted by atomic mass is 10.2. The summed E-state index contributed by atoms with van der Waals surface area (Å²) in [5.74, 6) is 0. The van der Waals surface area contributed by atoms with Gasteiger partial charge in [-0.1, -0.05) is 41.5 Å². The van der Waals surface area contributed by atoms with Gasteiger partial charge in [-0.3, -0.25) is 0 Å². The normalized spacial score (nSPS) is 15.5. The molecule has 0 bridgehead atoms. The maximum atomic E-state index is 6.67. The van der Waals surface area contributed by atoms with Crippen LogP contribution in [0.4, 0.5) is 0 Å². The molecule has 0 aromatic rings. The summed E-state index contributed by atoms with van der Waals surface area (Å²) in [4.78, 5) is 0. The van der Waals surface area contributed by atoms with Gasteiger partial charge in [-0.2, -0.15) is 0 Å². The van der Waals surface area contributed by atoms with Gasteiger partial charge < -0.3 is 26.9 Å².